The Kier molecular flexibility index (Phi) is 4.25. The summed E-state index contributed by atoms with van der Waals surface area (Å²) in [5.74, 6) is 1.03. The second kappa shape index (κ2) is 5.74. The van der Waals surface area contributed by atoms with Crippen LogP contribution in [0, 0.1) is 20.8 Å². The zero-order valence-corrected chi connectivity index (χ0v) is 13.5. The number of hydrogen-bond donors (Lipinski definition) is 0. The fourth-order valence-electron chi connectivity index (χ4n) is 2.29. The van der Waals surface area contributed by atoms with Crippen LogP contribution in [0.1, 0.15) is 22.3 Å². The normalized spacial score (nSPS) is 10.6. The van der Waals surface area contributed by atoms with Gasteiger partial charge in [0.2, 0.25) is 0 Å². The molecular formula is C16H19BrN2. The summed E-state index contributed by atoms with van der Waals surface area (Å²) in [6, 6.07) is 8.69. The van der Waals surface area contributed by atoms with Gasteiger partial charge in [0.1, 0.15) is 5.82 Å². The third kappa shape index (κ3) is 3.35. The van der Waals surface area contributed by atoms with Crippen molar-refractivity contribution in [3.05, 3.63) is 57.2 Å². The number of hydrogen-bond acceptors (Lipinski definition) is 2. The van der Waals surface area contributed by atoms with Gasteiger partial charge in [0, 0.05) is 24.3 Å². The Balaban J connectivity index is 2.23. The zero-order chi connectivity index (χ0) is 14.0. The molecule has 0 radical (unpaired) electrons. The van der Waals surface area contributed by atoms with Crippen molar-refractivity contribution >= 4 is 21.7 Å². The number of nitrogens with zero attached hydrogens (tertiary/aromatic N) is 2. The predicted octanol–water partition coefficient (Wildman–Crippen LogP) is 4.41. The molecule has 0 saturated heterocycles. The molecule has 19 heavy (non-hydrogen) atoms. The van der Waals surface area contributed by atoms with E-state index in [1.807, 2.05) is 6.20 Å². The van der Waals surface area contributed by atoms with Gasteiger partial charge >= 0.3 is 0 Å². The Morgan fingerprint density at radius 1 is 1.11 bits per heavy atom. The lowest BCUT2D eigenvalue weighted by atomic mass is 10.1. The van der Waals surface area contributed by atoms with Crippen molar-refractivity contribution < 1.29 is 0 Å². The van der Waals surface area contributed by atoms with E-state index in [-0.39, 0.29) is 0 Å². The Bertz CT molecular complexity index is 593. The summed E-state index contributed by atoms with van der Waals surface area (Å²) in [6.45, 7) is 7.26. The van der Waals surface area contributed by atoms with Crippen molar-refractivity contribution in [3.8, 4) is 0 Å². The van der Waals surface area contributed by atoms with Crippen LogP contribution in [0.3, 0.4) is 0 Å². The van der Waals surface area contributed by atoms with Gasteiger partial charge in [-0.1, -0.05) is 23.8 Å². The zero-order valence-electron chi connectivity index (χ0n) is 11.9. The minimum atomic E-state index is 0.877. The SMILES string of the molecule is Cc1ccc(CN(C)c2ncc(Br)cc2C)c(C)c1. The van der Waals surface area contributed by atoms with E-state index in [9.17, 15) is 0 Å². The average molecular weight is 319 g/mol. The van der Waals surface area contributed by atoms with E-state index in [0.717, 1.165) is 16.8 Å². The molecule has 0 saturated carbocycles. The molecule has 0 aliphatic carbocycles. The van der Waals surface area contributed by atoms with Gasteiger partial charge in [-0.25, -0.2) is 4.98 Å². The average Bonchev–Trinajstić information content (AvgIpc) is 2.32. The van der Waals surface area contributed by atoms with Crippen LogP contribution in [-0.2, 0) is 6.54 Å². The predicted molar refractivity (Wildman–Crippen MR) is 84.7 cm³/mol. The van der Waals surface area contributed by atoms with E-state index < -0.39 is 0 Å². The number of rotatable bonds is 3. The largest absolute Gasteiger partial charge is 0.355 e. The van der Waals surface area contributed by atoms with Crippen LogP contribution < -0.4 is 4.90 Å². The third-order valence-corrected chi connectivity index (χ3v) is 3.72. The van der Waals surface area contributed by atoms with Crippen LogP contribution in [-0.4, -0.2) is 12.0 Å². The molecule has 2 aromatic rings. The maximum absolute atomic E-state index is 4.50. The molecule has 0 atom stereocenters. The van der Waals surface area contributed by atoms with Crippen LogP contribution in [0.2, 0.25) is 0 Å². The van der Waals surface area contributed by atoms with E-state index in [2.05, 4.69) is 77.9 Å². The van der Waals surface area contributed by atoms with Gasteiger partial charge in [0.15, 0.2) is 0 Å². The first-order valence-electron chi connectivity index (χ1n) is 6.37. The van der Waals surface area contributed by atoms with Crippen LogP contribution in [0.15, 0.2) is 34.9 Å². The minimum Gasteiger partial charge on any atom is -0.355 e. The molecule has 0 bridgehead atoms. The highest BCUT2D eigenvalue weighted by molar-refractivity contribution is 9.10. The fraction of sp³-hybridized carbons (Fsp3) is 0.312. The van der Waals surface area contributed by atoms with E-state index in [0.29, 0.717) is 0 Å². The van der Waals surface area contributed by atoms with Crippen molar-refractivity contribution in [1.29, 1.82) is 0 Å². The maximum Gasteiger partial charge on any atom is 0.131 e. The molecule has 2 rings (SSSR count). The van der Waals surface area contributed by atoms with Gasteiger partial charge < -0.3 is 4.90 Å². The number of pyridine rings is 1. The quantitative estimate of drug-likeness (QED) is 0.833. The molecule has 1 aromatic carbocycles. The Hall–Kier alpha value is -1.35. The Labute approximate surface area is 123 Å². The van der Waals surface area contributed by atoms with Crippen molar-refractivity contribution in [3.63, 3.8) is 0 Å². The first-order valence-corrected chi connectivity index (χ1v) is 7.16. The van der Waals surface area contributed by atoms with E-state index >= 15 is 0 Å². The number of halogens is 1. The van der Waals surface area contributed by atoms with Crippen LogP contribution in [0.25, 0.3) is 0 Å². The van der Waals surface area contributed by atoms with Crippen molar-refractivity contribution in [2.75, 3.05) is 11.9 Å². The highest BCUT2D eigenvalue weighted by atomic mass is 79.9. The van der Waals surface area contributed by atoms with Crippen LogP contribution >= 0.6 is 15.9 Å². The molecule has 1 heterocycles. The summed E-state index contributed by atoms with van der Waals surface area (Å²) in [7, 11) is 2.09. The summed E-state index contributed by atoms with van der Waals surface area (Å²) in [4.78, 5) is 6.69. The topological polar surface area (TPSA) is 16.1 Å². The number of benzene rings is 1. The molecule has 0 aliphatic heterocycles. The molecule has 0 amide bonds. The van der Waals surface area contributed by atoms with Gasteiger partial charge in [0.25, 0.3) is 0 Å². The third-order valence-electron chi connectivity index (χ3n) is 3.28. The highest BCUT2D eigenvalue weighted by Crippen LogP contribution is 2.22. The molecule has 0 unspecified atom stereocenters. The molecule has 0 aliphatic rings. The summed E-state index contributed by atoms with van der Waals surface area (Å²) in [6.07, 6.45) is 1.85. The van der Waals surface area contributed by atoms with E-state index in [1.54, 1.807) is 0 Å². The minimum absolute atomic E-state index is 0.877. The number of aryl methyl sites for hydroxylation is 3. The van der Waals surface area contributed by atoms with E-state index in [1.165, 1.54) is 22.3 Å². The lowest BCUT2D eigenvalue weighted by Gasteiger charge is -2.21. The summed E-state index contributed by atoms with van der Waals surface area (Å²) in [5, 5.41) is 0. The molecule has 100 valence electrons. The summed E-state index contributed by atoms with van der Waals surface area (Å²) >= 11 is 3.45. The summed E-state index contributed by atoms with van der Waals surface area (Å²) < 4.78 is 1.02. The second-order valence-corrected chi connectivity index (χ2v) is 6.00. The first-order chi connectivity index (χ1) is 8.97. The lowest BCUT2D eigenvalue weighted by Crippen LogP contribution is -2.19. The maximum atomic E-state index is 4.50. The van der Waals surface area contributed by atoms with Crippen LogP contribution in [0.4, 0.5) is 5.82 Å². The highest BCUT2D eigenvalue weighted by Gasteiger charge is 2.08. The Morgan fingerprint density at radius 3 is 2.47 bits per heavy atom. The van der Waals surface area contributed by atoms with Gasteiger partial charge in [0.05, 0.1) is 0 Å². The molecular weight excluding hydrogens is 300 g/mol. The standard InChI is InChI=1S/C16H19BrN2/c1-11-5-6-14(12(2)7-11)10-19(4)16-13(3)8-15(17)9-18-16/h5-9H,10H2,1-4H3. The molecule has 1 aromatic heterocycles. The molecule has 0 N–H and O–H groups in total. The first kappa shape index (κ1) is 14.1. The molecule has 0 spiro atoms. The molecule has 0 fully saturated rings. The fourth-order valence-corrected chi connectivity index (χ4v) is 2.73. The van der Waals surface area contributed by atoms with Gasteiger partial charge in [-0.3, -0.25) is 0 Å². The summed E-state index contributed by atoms with van der Waals surface area (Å²) in [5.41, 5.74) is 5.17. The van der Waals surface area contributed by atoms with Gasteiger partial charge in [-0.05, 0) is 59.5 Å². The number of anilines is 1. The van der Waals surface area contributed by atoms with Crippen molar-refractivity contribution in [2.24, 2.45) is 0 Å². The molecule has 3 heteroatoms. The smallest absolute Gasteiger partial charge is 0.131 e. The lowest BCUT2D eigenvalue weighted by molar-refractivity contribution is 0.882. The van der Waals surface area contributed by atoms with E-state index in [4.69, 9.17) is 0 Å². The second-order valence-electron chi connectivity index (χ2n) is 5.08. The van der Waals surface area contributed by atoms with Crippen molar-refractivity contribution in [1.82, 2.24) is 4.98 Å². The number of aromatic nitrogens is 1. The van der Waals surface area contributed by atoms with Crippen molar-refractivity contribution in [2.45, 2.75) is 27.3 Å². The Morgan fingerprint density at radius 2 is 1.84 bits per heavy atom. The van der Waals surface area contributed by atoms with Gasteiger partial charge in [-0.15, -0.1) is 0 Å². The molecule has 2 nitrogen and oxygen atoms in total. The van der Waals surface area contributed by atoms with Gasteiger partial charge in [-0.2, -0.15) is 0 Å². The van der Waals surface area contributed by atoms with Crippen LogP contribution in [0.5, 0.6) is 0 Å². The monoisotopic (exact) mass is 318 g/mol.